The number of nitrogens with one attached hydrogen (secondary N) is 1. The Labute approximate surface area is 135 Å². The Hall–Kier alpha value is -0.450. The highest BCUT2D eigenvalue weighted by atomic mass is 79.9. The fourth-order valence-corrected chi connectivity index (χ4v) is 4.00. The number of hydrogen-bond donors (Lipinski definition) is 2. The minimum absolute atomic E-state index is 0.212. The molecule has 21 heavy (non-hydrogen) atoms. The zero-order chi connectivity index (χ0) is 15.2. The number of nitrogens with two attached hydrogens (primary N) is 1. The van der Waals surface area contributed by atoms with Gasteiger partial charge in [0, 0.05) is 6.04 Å². The van der Waals surface area contributed by atoms with Crippen molar-refractivity contribution in [2.75, 3.05) is 0 Å². The predicted molar refractivity (Wildman–Crippen MR) is 89.3 cm³/mol. The first kappa shape index (κ1) is 16.9. The summed E-state index contributed by atoms with van der Waals surface area (Å²) < 4.78 is 13.8. The van der Waals surface area contributed by atoms with Crippen LogP contribution in [-0.2, 0) is 6.42 Å². The van der Waals surface area contributed by atoms with Gasteiger partial charge in [0.15, 0.2) is 0 Å². The van der Waals surface area contributed by atoms with E-state index >= 15 is 0 Å². The Bertz CT molecular complexity index is 444. The highest BCUT2D eigenvalue weighted by Crippen LogP contribution is 2.34. The summed E-state index contributed by atoms with van der Waals surface area (Å²) in [5.41, 5.74) is 4.12. The summed E-state index contributed by atoms with van der Waals surface area (Å²) in [5, 5.41) is 0. The van der Waals surface area contributed by atoms with Gasteiger partial charge in [0.25, 0.3) is 0 Å². The van der Waals surface area contributed by atoms with Gasteiger partial charge in [-0.3, -0.25) is 11.3 Å². The van der Waals surface area contributed by atoms with E-state index < -0.39 is 0 Å². The van der Waals surface area contributed by atoms with Crippen molar-refractivity contribution in [2.45, 2.75) is 57.9 Å². The molecule has 1 aromatic carbocycles. The Morgan fingerprint density at radius 2 is 2.05 bits per heavy atom. The molecular weight excluding hydrogens is 331 g/mol. The van der Waals surface area contributed by atoms with Gasteiger partial charge in [-0.2, -0.15) is 0 Å². The van der Waals surface area contributed by atoms with Gasteiger partial charge in [0.1, 0.15) is 5.82 Å². The second-order valence-electron chi connectivity index (χ2n) is 6.30. The lowest BCUT2D eigenvalue weighted by molar-refractivity contribution is 0.213. The zero-order valence-electron chi connectivity index (χ0n) is 12.7. The van der Waals surface area contributed by atoms with E-state index in [1.54, 1.807) is 0 Å². The first-order valence-corrected chi connectivity index (χ1v) is 8.83. The van der Waals surface area contributed by atoms with Crippen LogP contribution >= 0.6 is 15.9 Å². The average molecular weight is 357 g/mol. The highest BCUT2D eigenvalue weighted by molar-refractivity contribution is 9.10. The molecule has 1 unspecified atom stereocenters. The van der Waals surface area contributed by atoms with Crippen molar-refractivity contribution in [3.8, 4) is 0 Å². The van der Waals surface area contributed by atoms with Crippen LogP contribution in [0, 0.1) is 17.7 Å². The third-order valence-electron chi connectivity index (χ3n) is 4.81. The summed E-state index contributed by atoms with van der Waals surface area (Å²) >= 11 is 3.25. The number of halogens is 2. The van der Waals surface area contributed by atoms with Crippen LogP contribution < -0.4 is 11.3 Å². The largest absolute Gasteiger partial charge is 0.271 e. The van der Waals surface area contributed by atoms with E-state index in [9.17, 15) is 4.39 Å². The molecule has 2 rings (SSSR count). The van der Waals surface area contributed by atoms with E-state index in [0.29, 0.717) is 10.4 Å². The van der Waals surface area contributed by atoms with Crippen molar-refractivity contribution in [3.05, 3.63) is 34.1 Å². The Morgan fingerprint density at radius 1 is 1.33 bits per heavy atom. The Kier molecular flexibility index (Phi) is 6.65. The second-order valence-corrected chi connectivity index (χ2v) is 7.15. The third kappa shape index (κ3) is 4.76. The zero-order valence-corrected chi connectivity index (χ0v) is 14.3. The second kappa shape index (κ2) is 8.25. The molecule has 4 heteroatoms. The van der Waals surface area contributed by atoms with Crippen molar-refractivity contribution in [1.29, 1.82) is 0 Å². The first-order valence-electron chi connectivity index (χ1n) is 8.04. The SMILES string of the molecule is CCCC1CCC(C(Cc2ccc(F)c(Br)c2)NN)CC1. The molecule has 0 aromatic heterocycles. The lowest BCUT2D eigenvalue weighted by atomic mass is 9.76. The van der Waals surface area contributed by atoms with Gasteiger partial charge in [-0.25, -0.2) is 4.39 Å². The Balaban J connectivity index is 1.92. The molecule has 1 aliphatic carbocycles. The molecule has 118 valence electrons. The third-order valence-corrected chi connectivity index (χ3v) is 5.42. The number of hydrazine groups is 1. The summed E-state index contributed by atoms with van der Waals surface area (Å²) in [4.78, 5) is 0. The van der Waals surface area contributed by atoms with Crippen molar-refractivity contribution >= 4 is 15.9 Å². The molecule has 1 fully saturated rings. The fraction of sp³-hybridized carbons (Fsp3) is 0.647. The number of hydrogen-bond acceptors (Lipinski definition) is 2. The topological polar surface area (TPSA) is 38.0 Å². The normalized spacial score (nSPS) is 24.0. The molecule has 0 saturated heterocycles. The lowest BCUT2D eigenvalue weighted by Crippen LogP contribution is -2.43. The van der Waals surface area contributed by atoms with Crippen LogP contribution in [0.4, 0.5) is 4.39 Å². The molecule has 2 nitrogen and oxygen atoms in total. The molecule has 1 saturated carbocycles. The molecule has 0 amide bonds. The van der Waals surface area contributed by atoms with E-state index in [-0.39, 0.29) is 11.9 Å². The number of rotatable bonds is 6. The van der Waals surface area contributed by atoms with Crippen LogP contribution in [0.5, 0.6) is 0 Å². The molecule has 0 heterocycles. The maximum absolute atomic E-state index is 13.3. The summed E-state index contributed by atoms with van der Waals surface area (Å²) in [6.45, 7) is 2.27. The van der Waals surface area contributed by atoms with E-state index in [1.807, 2.05) is 12.1 Å². The van der Waals surface area contributed by atoms with E-state index in [2.05, 4.69) is 28.3 Å². The molecule has 0 aliphatic heterocycles. The van der Waals surface area contributed by atoms with E-state index in [1.165, 1.54) is 44.6 Å². The van der Waals surface area contributed by atoms with Crippen LogP contribution in [0.15, 0.2) is 22.7 Å². The lowest BCUT2D eigenvalue weighted by Gasteiger charge is -2.33. The fourth-order valence-electron chi connectivity index (χ4n) is 3.57. The number of benzene rings is 1. The van der Waals surface area contributed by atoms with Gasteiger partial charge in [0.2, 0.25) is 0 Å². The van der Waals surface area contributed by atoms with Crippen molar-refractivity contribution in [3.63, 3.8) is 0 Å². The van der Waals surface area contributed by atoms with Gasteiger partial charge in [-0.05, 0) is 64.7 Å². The van der Waals surface area contributed by atoms with Crippen LogP contribution in [0.2, 0.25) is 0 Å². The van der Waals surface area contributed by atoms with E-state index in [0.717, 1.165) is 17.9 Å². The molecular formula is C17H26BrFN2. The molecule has 1 atom stereocenters. The molecule has 0 bridgehead atoms. The monoisotopic (exact) mass is 356 g/mol. The van der Waals surface area contributed by atoms with Gasteiger partial charge >= 0.3 is 0 Å². The van der Waals surface area contributed by atoms with Crippen molar-refractivity contribution in [1.82, 2.24) is 5.43 Å². The van der Waals surface area contributed by atoms with Crippen LogP contribution in [0.3, 0.4) is 0 Å². The standard InChI is InChI=1S/C17H26BrFN2/c1-2-3-12-4-7-14(8-5-12)17(21-20)11-13-6-9-16(19)15(18)10-13/h6,9-10,12,14,17,21H,2-5,7-8,11,20H2,1H3. The maximum atomic E-state index is 13.3. The summed E-state index contributed by atoms with van der Waals surface area (Å²) in [6.07, 6.45) is 8.66. The summed E-state index contributed by atoms with van der Waals surface area (Å²) in [6, 6.07) is 5.52. The van der Waals surface area contributed by atoms with Crippen molar-refractivity contribution in [2.24, 2.45) is 17.7 Å². The molecule has 0 spiro atoms. The smallest absolute Gasteiger partial charge is 0.137 e. The van der Waals surface area contributed by atoms with Gasteiger partial charge in [-0.1, -0.05) is 38.7 Å². The predicted octanol–water partition coefficient (Wildman–Crippen LogP) is 4.57. The van der Waals surface area contributed by atoms with Crippen LogP contribution in [0.25, 0.3) is 0 Å². The van der Waals surface area contributed by atoms with Crippen LogP contribution in [-0.4, -0.2) is 6.04 Å². The van der Waals surface area contributed by atoms with Gasteiger partial charge in [0.05, 0.1) is 4.47 Å². The first-order chi connectivity index (χ1) is 10.1. The van der Waals surface area contributed by atoms with Gasteiger partial charge in [-0.15, -0.1) is 0 Å². The van der Waals surface area contributed by atoms with Crippen molar-refractivity contribution < 1.29 is 4.39 Å². The Morgan fingerprint density at radius 3 is 2.62 bits per heavy atom. The average Bonchev–Trinajstić information content (AvgIpc) is 2.50. The summed E-state index contributed by atoms with van der Waals surface area (Å²) in [7, 11) is 0. The quantitative estimate of drug-likeness (QED) is 0.578. The molecule has 1 aromatic rings. The highest BCUT2D eigenvalue weighted by Gasteiger charge is 2.26. The van der Waals surface area contributed by atoms with Gasteiger partial charge < -0.3 is 0 Å². The minimum atomic E-state index is -0.212. The molecule has 0 radical (unpaired) electrons. The van der Waals surface area contributed by atoms with Crippen LogP contribution in [0.1, 0.15) is 51.0 Å². The molecule has 3 N–H and O–H groups in total. The summed E-state index contributed by atoms with van der Waals surface area (Å²) in [5.74, 6) is 7.10. The molecule has 1 aliphatic rings. The van der Waals surface area contributed by atoms with E-state index in [4.69, 9.17) is 5.84 Å². The minimum Gasteiger partial charge on any atom is -0.271 e. The maximum Gasteiger partial charge on any atom is 0.137 e.